The summed E-state index contributed by atoms with van der Waals surface area (Å²) in [6, 6.07) is 6.78. The summed E-state index contributed by atoms with van der Waals surface area (Å²) in [7, 11) is 0. The molecule has 0 bridgehead atoms. The number of halogens is 1. The van der Waals surface area contributed by atoms with E-state index < -0.39 is 0 Å². The van der Waals surface area contributed by atoms with Crippen LogP contribution in [-0.2, 0) is 0 Å². The molecule has 0 radical (unpaired) electrons. The summed E-state index contributed by atoms with van der Waals surface area (Å²) in [4.78, 5) is 0. The van der Waals surface area contributed by atoms with Crippen molar-refractivity contribution in [2.75, 3.05) is 6.54 Å². The fourth-order valence-corrected chi connectivity index (χ4v) is 2.10. The molecule has 1 aliphatic rings. The third-order valence-electron chi connectivity index (χ3n) is 3.42. The fraction of sp³-hybridized carbons (Fsp3) is 0.571. The SMILES string of the molecule is CCC(NCC(O)C1CC1)c1ccc(F)cc1. The third kappa shape index (κ3) is 3.51. The van der Waals surface area contributed by atoms with Crippen LogP contribution in [0.15, 0.2) is 24.3 Å². The molecule has 2 atom stereocenters. The van der Waals surface area contributed by atoms with Gasteiger partial charge in [0, 0.05) is 12.6 Å². The van der Waals surface area contributed by atoms with Crippen LogP contribution in [0.4, 0.5) is 4.39 Å². The summed E-state index contributed by atoms with van der Waals surface area (Å²) in [6.07, 6.45) is 3.00. The summed E-state index contributed by atoms with van der Waals surface area (Å²) in [5, 5.41) is 13.2. The summed E-state index contributed by atoms with van der Waals surface area (Å²) in [5.74, 6) is 0.287. The molecular formula is C14H20FNO. The monoisotopic (exact) mass is 237 g/mol. The van der Waals surface area contributed by atoms with Crippen LogP contribution in [0.25, 0.3) is 0 Å². The van der Waals surface area contributed by atoms with Crippen molar-refractivity contribution in [3.63, 3.8) is 0 Å². The molecule has 0 aromatic heterocycles. The van der Waals surface area contributed by atoms with Crippen LogP contribution in [0.2, 0.25) is 0 Å². The van der Waals surface area contributed by atoms with Gasteiger partial charge in [0.25, 0.3) is 0 Å². The largest absolute Gasteiger partial charge is 0.392 e. The van der Waals surface area contributed by atoms with Gasteiger partial charge in [-0.1, -0.05) is 19.1 Å². The molecule has 0 spiro atoms. The lowest BCUT2D eigenvalue weighted by Crippen LogP contribution is -2.31. The highest BCUT2D eigenvalue weighted by molar-refractivity contribution is 5.19. The van der Waals surface area contributed by atoms with Crippen LogP contribution in [0.1, 0.15) is 37.8 Å². The molecule has 2 unspecified atom stereocenters. The molecule has 1 saturated carbocycles. The molecule has 3 heteroatoms. The quantitative estimate of drug-likeness (QED) is 0.797. The Morgan fingerprint density at radius 2 is 2.00 bits per heavy atom. The molecule has 1 fully saturated rings. The van der Waals surface area contributed by atoms with Crippen molar-refractivity contribution in [1.29, 1.82) is 0 Å². The van der Waals surface area contributed by atoms with Crippen molar-refractivity contribution in [3.05, 3.63) is 35.6 Å². The van der Waals surface area contributed by atoms with E-state index in [-0.39, 0.29) is 18.0 Å². The normalized spacial score (nSPS) is 19.0. The molecule has 2 rings (SSSR count). The Bertz CT molecular complexity index is 348. The lowest BCUT2D eigenvalue weighted by molar-refractivity contribution is 0.144. The van der Waals surface area contributed by atoms with E-state index in [2.05, 4.69) is 12.2 Å². The van der Waals surface area contributed by atoms with Crippen molar-refractivity contribution in [2.45, 2.75) is 38.3 Å². The van der Waals surface area contributed by atoms with Crippen molar-refractivity contribution >= 4 is 0 Å². The average Bonchev–Trinajstić information content (AvgIpc) is 3.16. The molecule has 0 saturated heterocycles. The zero-order valence-corrected chi connectivity index (χ0v) is 10.2. The van der Waals surface area contributed by atoms with E-state index in [4.69, 9.17) is 0 Å². The number of hydrogen-bond acceptors (Lipinski definition) is 2. The maximum absolute atomic E-state index is 12.8. The maximum Gasteiger partial charge on any atom is 0.123 e. The van der Waals surface area contributed by atoms with Gasteiger partial charge in [-0.2, -0.15) is 0 Å². The Balaban J connectivity index is 1.88. The van der Waals surface area contributed by atoms with E-state index >= 15 is 0 Å². The first kappa shape index (κ1) is 12.5. The van der Waals surface area contributed by atoms with Crippen molar-refractivity contribution in [2.24, 2.45) is 5.92 Å². The van der Waals surface area contributed by atoms with Crippen molar-refractivity contribution in [3.8, 4) is 0 Å². The zero-order valence-electron chi connectivity index (χ0n) is 10.2. The minimum atomic E-state index is -0.232. The van der Waals surface area contributed by atoms with Gasteiger partial charge in [0.2, 0.25) is 0 Å². The topological polar surface area (TPSA) is 32.3 Å². The fourth-order valence-electron chi connectivity index (χ4n) is 2.10. The highest BCUT2D eigenvalue weighted by atomic mass is 19.1. The molecule has 1 aliphatic carbocycles. The Kier molecular flexibility index (Phi) is 4.13. The van der Waals surface area contributed by atoms with E-state index in [1.54, 1.807) is 12.1 Å². The predicted octanol–water partition coefficient (Wildman–Crippen LogP) is 2.64. The minimum absolute atomic E-state index is 0.198. The molecule has 17 heavy (non-hydrogen) atoms. The molecule has 2 nitrogen and oxygen atoms in total. The van der Waals surface area contributed by atoms with Crippen molar-refractivity contribution < 1.29 is 9.50 Å². The molecular weight excluding hydrogens is 217 g/mol. The highest BCUT2D eigenvalue weighted by Gasteiger charge is 2.29. The number of hydrogen-bond donors (Lipinski definition) is 2. The van der Waals surface area contributed by atoms with E-state index in [0.717, 1.165) is 24.8 Å². The van der Waals surface area contributed by atoms with Gasteiger partial charge in [0.05, 0.1) is 6.10 Å². The van der Waals surface area contributed by atoms with Gasteiger partial charge in [-0.15, -0.1) is 0 Å². The van der Waals surface area contributed by atoms with E-state index in [0.29, 0.717) is 12.5 Å². The van der Waals surface area contributed by atoms with Gasteiger partial charge in [-0.25, -0.2) is 4.39 Å². The molecule has 94 valence electrons. The first-order chi connectivity index (χ1) is 8.20. The smallest absolute Gasteiger partial charge is 0.123 e. The van der Waals surface area contributed by atoms with Gasteiger partial charge < -0.3 is 10.4 Å². The molecule has 2 N–H and O–H groups in total. The second kappa shape index (κ2) is 5.61. The Morgan fingerprint density at radius 1 is 1.35 bits per heavy atom. The lowest BCUT2D eigenvalue weighted by atomic mass is 10.0. The van der Waals surface area contributed by atoms with Gasteiger partial charge in [-0.3, -0.25) is 0 Å². The number of aliphatic hydroxyl groups is 1. The molecule has 0 amide bonds. The predicted molar refractivity (Wildman–Crippen MR) is 66.2 cm³/mol. The van der Waals surface area contributed by atoms with Crippen LogP contribution in [0, 0.1) is 11.7 Å². The molecule has 0 aliphatic heterocycles. The van der Waals surface area contributed by atoms with Crippen LogP contribution in [0.3, 0.4) is 0 Å². The van der Waals surface area contributed by atoms with Gasteiger partial charge >= 0.3 is 0 Å². The standard InChI is InChI=1S/C14H20FNO/c1-2-13(10-5-7-12(15)8-6-10)16-9-14(17)11-3-4-11/h5-8,11,13-14,16-17H,2-4,9H2,1H3. The first-order valence-electron chi connectivity index (χ1n) is 6.37. The number of aliphatic hydroxyl groups excluding tert-OH is 1. The minimum Gasteiger partial charge on any atom is -0.392 e. The first-order valence-corrected chi connectivity index (χ1v) is 6.37. The average molecular weight is 237 g/mol. The van der Waals surface area contributed by atoms with Crippen LogP contribution in [0.5, 0.6) is 0 Å². The number of rotatable bonds is 6. The van der Waals surface area contributed by atoms with Crippen LogP contribution >= 0.6 is 0 Å². The number of benzene rings is 1. The Hall–Kier alpha value is -0.930. The highest BCUT2D eigenvalue weighted by Crippen LogP contribution is 2.32. The maximum atomic E-state index is 12.8. The Morgan fingerprint density at radius 3 is 2.53 bits per heavy atom. The lowest BCUT2D eigenvalue weighted by Gasteiger charge is -2.19. The second-order valence-electron chi connectivity index (χ2n) is 4.83. The van der Waals surface area contributed by atoms with Gasteiger partial charge in [0.1, 0.15) is 5.82 Å². The zero-order chi connectivity index (χ0) is 12.3. The molecule has 1 aromatic rings. The Labute approximate surface area is 102 Å². The van der Waals surface area contributed by atoms with Crippen molar-refractivity contribution in [1.82, 2.24) is 5.32 Å². The summed E-state index contributed by atoms with van der Waals surface area (Å²) < 4.78 is 12.8. The van der Waals surface area contributed by atoms with Crippen LogP contribution < -0.4 is 5.32 Å². The summed E-state index contributed by atoms with van der Waals surface area (Å²) in [5.41, 5.74) is 1.08. The van der Waals surface area contributed by atoms with Crippen LogP contribution in [-0.4, -0.2) is 17.8 Å². The van der Waals surface area contributed by atoms with E-state index in [1.165, 1.54) is 12.1 Å². The van der Waals surface area contributed by atoms with E-state index in [1.807, 2.05) is 0 Å². The number of nitrogens with one attached hydrogen (secondary N) is 1. The summed E-state index contributed by atoms with van der Waals surface area (Å²) in [6.45, 7) is 2.71. The van der Waals surface area contributed by atoms with E-state index in [9.17, 15) is 9.50 Å². The molecule has 0 heterocycles. The molecule has 1 aromatic carbocycles. The summed E-state index contributed by atoms with van der Waals surface area (Å²) >= 11 is 0. The second-order valence-corrected chi connectivity index (χ2v) is 4.83. The third-order valence-corrected chi connectivity index (χ3v) is 3.42. The van der Waals surface area contributed by atoms with Gasteiger partial charge in [0.15, 0.2) is 0 Å². The van der Waals surface area contributed by atoms with Gasteiger partial charge in [-0.05, 0) is 42.9 Å².